The van der Waals surface area contributed by atoms with E-state index in [2.05, 4.69) is 40.2 Å². The number of nitrogens with one attached hydrogen (secondary N) is 3. The molecule has 2 heterocycles. The van der Waals surface area contributed by atoms with Gasteiger partial charge >= 0.3 is 5.97 Å². The van der Waals surface area contributed by atoms with Gasteiger partial charge in [-0.15, -0.1) is 0 Å². The smallest absolute Gasteiger partial charge is 0.306 e. The lowest BCUT2D eigenvalue weighted by Gasteiger charge is -2.41. The van der Waals surface area contributed by atoms with E-state index in [-0.39, 0.29) is 105 Å². The van der Waals surface area contributed by atoms with Crippen LogP contribution in [-0.4, -0.2) is 84.8 Å². The molecule has 0 spiro atoms. The number of amides is 5. The molecule has 2 aliphatic carbocycles. The zero-order chi connectivity index (χ0) is 56.5. The molecule has 0 unspecified atom stereocenters. The summed E-state index contributed by atoms with van der Waals surface area (Å²) in [6.07, 6.45) is 7.90. The van der Waals surface area contributed by atoms with Crippen LogP contribution in [0, 0.1) is 22.7 Å². The Balaban J connectivity index is 0.000000300. The van der Waals surface area contributed by atoms with Crippen molar-refractivity contribution in [3.05, 3.63) is 129 Å². The van der Waals surface area contributed by atoms with E-state index in [9.17, 15) is 39.0 Å². The lowest BCUT2D eigenvalue weighted by atomic mass is 9.83. The van der Waals surface area contributed by atoms with E-state index >= 15 is 0 Å². The summed E-state index contributed by atoms with van der Waals surface area (Å²) in [7, 11) is 0. The molecule has 8 N–H and O–H groups in total. The van der Waals surface area contributed by atoms with Crippen molar-refractivity contribution in [1.82, 2.24) is 25.8 Å². The second kappa shape index (κ2) is 28.4. The monoisotopic (exact) mass is 1120 g/mol. The number of aliphatic carboxylic acids is 1. The lowest BCUT2D eigenvalue weighted by Crippen LogP contribution is -2.61. The maximum absolute atomic E-state index is 14.2. The van der Waals surface area contributed by atoms with Gasteiger partial charge in [-0.1, -0.05) is 130 Å². The Morgan fingerprint density at radius 2 is 1.01 bits per heavy atom. The van der Waals surface area contributed by atoms with Crippen LogP contribution in [0.15, 0.2) is 84.9 Å². The number of fused-ring (bicyclic) bond motifs is 4. The Morgan fingerprint density at radius 3 is 1.39 bits per heavy atom. The quantitative estimate of drug-likeness (QED) is 0.0754. The summed E-state index contributed by atoms with van der Waals surface area (Å²) >= 11 is 0. The Morgan fingerprint density at radius 1 is 0.595 bits per heavy atom. The molecular weight excluding hydrogens is 1040 g/mol. The fourth-order valence-electron chi connectivity index (χ4n) is 10.4. The van der Waals surface area contributed by atoms with E-state index in [0.717, 1.165) is 78.3 Å². The number of aromatic hydroxyl groups is 2. The number of carbonyl (C=O) groups is 6. The number of benzene rings is 4. The van der Waals surface area contributed by atoms with Crippen molar-refractivity contribution in [3.63, 3.8) is 0 Å². The fourth-order valence-corrected chi connectivity index (χ4v) is 10.4. The van der Waals surface area contributed by atoms with Crippen molar-refractivity contribution in [2.45, 2.75) is 183 Å². The highest BCUT2D eigenvalue weighted by atomic mass is 32.1. The minimum Gasteiger partial charge on any atom is -0.508 e. The van der Waals surface area contributed by atoms with E-state index < -0.39 is 41.0 Å². The van der Waals surface area contributed by atoms with Gasteiger partial charge in [0.05, 0.1) is 24.0 Å². The Hall–Kier alpha value is -6.04. The first-order valence-corrected chi connectivity index (χ1v) is 27.6. The Labute approximate surface area is 482 Å². The third-order valence-electron chi connectivity index (χ3n) is 15.9. The molecule has 0 aromatic heterocycles. The largest absolute Gasteiger partial charge is 0.508 e. The van der Waals surface area contributed by atoms with Crippen LogP contribution < -0.4 is 21.7 Å². The SMILES string of the molecule is CC(C)(C)[C@H](N)C(=O)N1Cc2cc(O)ccc2C[C@H]1C(=O)N[C@@H]1CCCc2ccccc21.CC[C@@H](C)C(=O)N[C@H](C(=O)N1Cc2cc(O)ccc2C[C@H]1C(=O)N[C@@H]1CCCc2ccccc21)C(C)(C)C.CC[C@@H](C)C(=O)O.S.S. The van der Waals surface area contributed by atoms with Gasteiger partial charge in [0.2, 0.25) is 29.5 Å². The number of carboxylic acid groups (broad SMARTS) is 1. The first-order chi connectivity index (χ1) is 36.3. The number of hydrogen-bond donors (Lipinski definition) is 7. The number of carboxylic acids is 1. The number of phenols is 2. The third kappa shape index (κ3) is 16.5. The molecule has 8 rings (SSSR count). The number of nitrogens with zero attached hydrogens (tertiary/aromatic N) is 2. The lowest BCUT2D eigenvalue weighted by molar-refractivity contribution is -0.147. The average Bonchev–Trinajstić information content (AvgIpc) is 3.43. The number of phenolic OH excluding ortho intramolecular Hbond substituents is 2. The summed E-state index contributed by atoms with van der Waals surface area (Å²) in [5.41, 5.74) is 13.7. The number of rotatable bonds is 11. The van der Waals surface area contributed by atoms with Crippen LogP contribution in [0.5, 0.6) is 11.5 Å². The second-order valence-corrected chi connectivity index (χ2v) is 23.7. The summed E-state index contributed by atoms with van der Waals surface area (Å²) in [6.45, 7) is 19.3. The Kier molecular flexibility index (Phi) is 23.5. The predicted octanol–water partition coefficient (Wildman–Crippen LogP) is 8.97. The number of hydrogen-bond acceptors (Lipinski definition) is 9. The van der Waals surface area contributed by atoms with Gasteiger partial charge in [0.1, 0.15) is 29.6 Å². The second-order valence-electron chi connectivity index (χ2n) is 23.7. The van der Waals surface area contributed by atoms with Gasteiger partial charge < -0.3 is 46.8 Å². The van der Waals surface area contributed by atoms with Crippen LogP contribution >= 0.6 is 27.0 Å². The normalized spacial score (nSPS) is 19.7. The average molecular weight is 1130 g/mol. The van der Waals surface area contributed by atoms with E-state index in [1.165, 1.54) is 11.1 Å². The van der Waals surface area contributed by atoms with Crippen molar-refractivity contribution in [2.75, 3.05) is 0 Å². The van der Waals surface area contributed by atoms with Gasteiger partial charge in [-0.2, -0.15) is 27.0 Å². The minimum absolute atomic E-state index is 0. The standard InChI is InChI=1S/C31H41N3O4.C26H33N3O3.C5H10O2.2H2S/c1-6-19(2)28(36)33-27(31(3,4)5)30(38)34-18-22-16-23(35)15-14-21(22)17-26(34)29(37)32-25-13-9-11-20-10-7-8-12-24(20)25;1-26(2,3)23(27)25(32)29-15-18-13-19(30)12-11-17(18)14-22(29)24(31)28-21-10-6-8-16-7-4-5-9-20(16)21;1-3-4(2)5(6)7;;/h7-8,10,12,14-16,19,25-27,35H,6,9,11,13,17-18H2,1-5H3,(H,32,37)(H,33,36);4-5,7,9,11-13,21-23,30H,6,8,10,14-15,27H2,1-3H3,(H,28,31);4H,3H2,1-2H3,(H,6,7);2*1H2/t19-,25-,26+,27-;21-,22+,23-;4-;;/m111../s1. The van der Waals surface area contributed by atoms with Crippen LogP contribution in [0.3, 0.4) is 0 Å². The zero-order valence-corrected chi connectivity index (χ0v) is 49.9. The summed E-state index contributed by atoms with van der Waals surface area (Å²) in [5, 5.41) is 37.7. The molecule has 0 bridgehead atoms. The highest BCUT2D eigenvalue weighted by Crippen LogP contribution is 2.35. The fraction of sp³-hybridized carbons (Fsp3) is 0.516. The van der Waals surface area contributed by atoms with Crippen molar-refractivity contribution in [3.8, 4) is 11.5 Å². The van der Waals surface area contributed by atoms with Crippen LogP contribution in [0.4, 0.5) is 0 Å². The molecule has 15 nitrogen and oxygen atoms in total. The molecule has 2 aliphatic heterocycles. The van der Waals surface area contributed by atoms with Crippen LogP contribution in [-0.2, 0) is 67.5 Å². The summed E-state index contributed by atoms with van der Waals surface area (Å²) in [5.74, 6) is -1.88. The van der Waals surface area contributed by atoms with Crippen molar-refractivity contribution in [1.29, 1.82) is 0 Å². The van der Waals surface area contributed by atoms with Gasteiger partial charge in [-0.3, -0.25) is 28.8 Å². The van der Waals surface area contributed by atoms with Crippen molar-refractivity contribution < 1.29 is 44.1 Å². The number of aryl methyl sites for hydroxylation is 2. The molecule has 4 aromatic carbocycles. The van der Waals surface area contributed by atoms with Gasteiger partial charge in [-0.25, -0.2) is 0 Å². The number of nitrogens with two attached hydrogens (primary N) is 1. The van der Waals surface area contributed by atoms with Crippen LogP contribution in [0.2, 0.25) is 0 Å². The molecular formula is C62H88N6O9S2. The van der Waals surface area contributed by atoms with E-state index in [0.29, 0.717) is 19.3 Å². The Bertz CT molecular complexity index is 2780. The van der Waals surface area contributed by atoms with Crippen LogP contribution in [0.25, 0.3) is 0 Å². The summed E-state index contributed by atoms with van der Waals surface area (Å²) < 4.78 is 0. The van der Waals surface area contributed by atoms with Gasteiger partial charge in [0.25, 0.3) is 0 Å². The van der Waals surface area contributed by atoms with E-state index in [1.807, 2.05) is 98.7 Å². The van der Waals surface area contributed by atoms with Gasteiger partial charge in [-0.05, 0) is 131 Å². The van der Waals surface area contributed by atoms with Gasteiger partial charge in [0.15, 0.2) is 0 Å². The summed E-state index contributed by atoms with van der Waals surface area (Å²) in [4.78, 5) is 81.0. The van der Waals surface area contributed by atoms with Crippen molar-refractivity contribution >= 4 is 62.5 Å². The molecule has 4 aliphatic rings. The molecule has 0 radical (unpaired) electrons. The van der Waals surface area contributed by atoms with E-state index in [1.54, 1.807) is 41.0 Å². The molecule has 0 saturated carbocycles. The molecule has 0 fully saturated rings. The predicted molar refractivity (Wildman–Crippen MR) is 319 cm³/mol. The highest BCUT2D eigenvalue weighted by molar-refractivity contribution is 7.59. The maximum Gasteiger partial charge on any atom is 0.306 e. The summed E-state index contributed by atoms with van der Waals surface area (Å²) in [6, 6.07) is 23.6. The molecule has 432 valence electrons. The third-order valence-corrected chi connectivity index (χ3v) is 15.9. The highest BCUT2D eigenvalue weighted by Gasteiger charge is 2.44. The minimum atomic E-state index is -0.798. The molecule has 79 heavy (non-hydrogen) atoms. The zero-order valence-electron chi connectivity index (χ0n) is 47.9. The topological polar surface area (TPSA) is 232 Å². The van der Waals surface area contributed by atoms with Crippen LogP contribution in [0.1, 0.15) is 164 Å². The number of carbonyl (C=O) groups excluding carboxylic acids is 5. The van der Waals surface area contributed by atoms with Gasteiger partial charge in [0, 0.05) is 31.8 Å². The van der Waals surface area contributed by atoms with E-state index in [4.69, 9.17) is 10.8 Å². The van der Waals surface area contributed by atoms with Crippen molar-refractivity contribution in [2.24, 2.45) is 28.4 Å². The first kappa shape index (κ1) is 65.5. The molecule has 8 atom stereocenters. The maximum atomic E-state index is 14.2. The molecule has 5 amide bonds. The molecule has 4 aromatic rings. The first-order valence-electron chi connectivity index (χ1n) is 27.6. The molecule has 17 heteroatoms. The molecule has 0 saturated heterocycles.